The van der Waals surface area contributed by atoms with Crippen molar-refractivity contribution in [2.75, 3.05) is 19.3 Å². The summed E-state index contributed by atoms with van der Waals surface area (Å²) < 4.78 is 0. The third kappa shape index (κ3) is 5.63. The predicted octanol–water partition coefficient (Wildman–Crippen LogP) is 3.99. The summed E-state index contributed by atoms with van der Waals surface area (Å²) in [5.74, 6) is 2.15. The molecule has 2 N–H and O–H groups in total. The molecule has 1 fully saturated rings. The van der Waals surface area contributed by atoms with Crippen molar-refractivity contribution in [3.63, 3.8) is 0 Å². The quantitative estimate of drug-likeness (QED) is 0.391. The summed E-state index contributed by atoms with van der Waals surface area (Å²) in [7, 11) is 1.81. The topological polar surface area (TPSA) is 49.3 Å². The maximum absolute atomic E-state index is 4.69. The molecule has 1 aromatic carbocycles. The number of halogens is 1. The van der Waals surface area contributed by atoms with Crippen molar-refractivity contribution in [2.24, 2.45) is 4.99 Å². The maximum Gasteiger partial charge on any atom is 0.191 e. The van der Waals surface area contributed by atoms with Gasteiger partial charge < -0.3 is 10.6 Å². The number of aromatic nitrogens is 1. The number of benzene rings is 1. The summed E-state index contributed by atoms with van der Waals surface area (Å²) in [6.07, 6.45) is 2.64. The van der Waals surface area contributed by atoms with E-state index in [0.717, 1.165) is 34.0 Å². The van der Waals surface area contributed by atoms with Gasteiger partial charge in [-0.1, -0.05) is 30.3 Å². The maximum atomic E-state index is 4.69. The Balaban J connectivity index is 0.00000208. The van der Waals surface area contributed by atoms with E-state index in [9.17, 15) is 0 Å². The molecule has 1 saturated heterocycles. The first kappa shape index (κ1) is 19.5. The Kier molecular flexibility index (Phi) is 8.34. The van der Waals surface area contributed by atoms with Crippen LogP contribution in [0, 0.1) is 0 Å². The van der Waals surface area contributed by atoms with Crippen LogP contribution >= 0.6 is 47.1 Å². The SMILES string of the molecule is CN=C(NCc1nc(-c2ccccc2)cs1)NCC1CCCS1.I. The largest absolute Gasteiger partial charge is 0.355 e. The average Bonchev–Trinajstić information content (AvgIpc) is 3.27. The van der Waals surface area contributed by atoms with Crippen molar-refractivity contribution in [2.45, 2.75) is 24.6 Å². The molecule has 1 aromatic heterocycles. The standard InChI is InChI=1S/C17H22N4S2.HI/c1-18-17(19-10-14-8-5-9-22-14)20-11-16-21-15(12-23-16)13-6-3-2-4-7-13;/h2-4,6-7,12,14H,5,8-11H2,1H3,(H2,18,19,20);1H. The molecule has 2 heterocycles. The van der Waals surface area contributed by atoms with Gasteiger partial charge in [0.05, 0.1) is 12.2 Å². The Bertz CT molecular complexity index is 639. The molecule has 0 saturated carbocycles. The minimum absolute atomic E-state index is 0. The number of aliphatic imine (C=N–C) groups is 1. The van der Waals surface area contributed by atoms with Gasteiger partial charge in [0.1, 0.15) is 5.01 Å². The molecule has 1 atom stereocenters. The lowest BCUT2D eigenvalue weighted by molar-refractivity contribution is 0.725. The van der Waals surface area contributed by atoms with Gasteiger partial charge in [-0.05, 0) is 18.6 Å². The van der Waals surface area contributed by atoms with Gasteiger partial charge in [-0.3, -0.25) is 4.99 Å². The van der Waals surface area contributed by atoms with Gasteiger partial charge in [-0.25, -0.2) is 4.98 Å². The zero-order valence-electron chi connectivity index (χ0n) is 13.7. The molecular weight excluding hydrogens is 451 g/mol. The fraction of sp³-hybridized carbons (Fsp3) is 0.412. The molecule has 0 amide bonds. The molecule has 0 spiro atoms. The van der Waals surface area contributed by atoms with E-state index in [2.05, 4.69) is 44.9 Å². The van der Waals surface area contributed by atoms with E-state index in [1.54, 1.807) is 11.3 Å². The Hall–Kier alpha value is -0.800. The second-order valence-electron chi connectivity index (χ2n) is 5.43. The van der Waals surface area contributed by atoms with Crippen molar-refractivity contribution in [1.82, 2.24) is 15.6 Å². The van der Waals surface area contributed by atoms with Crippen LogP contribution in [-0.4, -0.2) is 35.5 Å². The highest BCUT2D eigenvalue weighted by molar-refractivity contribution is 14.0. The Morgan fingerprint density at radius 2 is 2.12 bits per heavy atom. The summed E-state index contributed by atoms with van der Waals surface area (Å²) in [6.45, 7) is 1.69. The van der Waals surface area contributed by atoms with Crippen LogP contribution in [0.1, 0.15) is 17.8 Å². The molecule has 2 aromatic rings. The number of thiazole rings is 1. The summed E-state index contributed by atoms with van der Waals surface area (Å²) in [4.78, 5) is 8.98. The lowest BCUT2D eigenvalue weighted by Crippen LogP contribution is -2.39. The van der Waals surface area contributed by atoms with E-state index >= 15 is 0 Å². The second-order valence-corrected chi connectivity index (χ2v) is 7.79. The van der Waals surface area contributed by atoms with Crippen LogP contribution in [0.3, 0.4) is 0 Å². The molecule has 4 nitrogen and oxygen atoms in total. The van der Waals surface area contributed by atoms with Gasteiger partial charge in [0.25, 0.3) is 0 Å². The molecule has 1 unspecified atom stereocenters. The number of guanidine groups is 1. The Morgan fingerprint density at radius 1 is 1.29 bits per heavy atom. The van der Waals surface area contributed by atoms with Gasteiger partial charge in [-0.2, -0.15) is 11.8 Å². The lowest BCUT2D eigenvalue weighted by Gasteiger charge is -2.14. The first-order chi connectivity index (χ1) is 11.3. The predicted molar refractivity (Wildman–Crippen MR) is 117 cm³/mol. The summed E-state index contributed by atoms with van der Waals surface area (Å²) in [6, 6.07) is 10.3. The lowest BCUT2D eigenvalue weighted by atomic mass is 10.2. The second kappa shape index (κ2) is 10.2. The summed E-state index contributed by atoms with van der Waals surface area (Å²) in [5, 5.41) is 10.7. The molecule has 24 heavy (non-hydrogen) atoms. The molecule has 1 aliphatic rings. The zero-order chi connectivity index (χ0) is 15.9. The van der Waals surface area contributed by atoms with E-state index in [1.165, 1.54) is 18.6 Å². The zero-order valence-corrected chi connectivity index (χ0v) is 17.7. The smallest absolute Gasteiger partial charge is 0.191 e. The highest BCUT2D eigenvalue weighted by Crippen LogP contribution is 2.25. The van der Waals surface area contributed by atoms with Crippen molar-refractivity contribution < 1.29 is 0 Å². The molecule has 7 heteroatoms. The molecule has 3 rings (SSSR count). The fourth-order valence-corrected chi connectivity index (χ4v) is 4.47. The molecule has 0 aliphatic carbocycles. The average molecular weight is 474 g/mol. The van der Waals surface area contributed by atoms with Crippen LogP contribution in [0.5, 0.6) is 0 Å². The number of nitrogens with one attached hydrogen (secondary N) is 2. The van der Waals surface area contributed by atoms with Gasteiger partial charge in [0.2, 0.25) is 0 Å². The summed E-state index contributed by atoms with van der Waals surface area (Å²) >= 11 is 3.73. The third-order valence-electron chi connectivity index (χ3n) is 3.77. The minimum Gasteiger partial charge on any atom is -0.355 e. The number of thioether (sulfide) groups is 1. The van der Waals surface area contributed by atoms with E-state index in [4.69, 9.17) is 4.98 Å². The summed E-state index contributed by atoms with van der Waals surface area (Å²) in [5.41, 5.74) is 2.20. The first-order valence-corrected chi connectivity index (χ1v) is 9.84. The van der Waals surface area contributed by atoms with Crippen molar-refractivity contribution in [3.8, 4) is 11.3 Å². The van der Waals surface area contributed by atoms with Crippen LogP contribution in [0.25, 0.3) is 11.3 Å². The highest BCUT2D eigenvalue weighted by Gasteiger charge is 2.15. The van der Waals surface area contributed by atoms with Crippen LogP contribution in [0.4, 0.5) is 0 Å². The van der Waals surface area contributed by atoms with Gasteiger partial charge in [0.15, 0.2) is 5.96 Å². The molecular formula is C17H23IN4S2. The van der Waals surface area contributed by atoms with Crippen molar-refractivity contribution in [3.05, 3.63) is 40.7 Å². The van der Waals surface area contributed by atoms with Gasteiger partial charge in [-0.15, -0.1) is 35.3 Å². The monoisotopic (exact) mass is 474 g/mol. The van der Waals surface area contributed by atoms with E-state index in [-0.39, 0.29) is 24.0 Å². The van der Waals surface area contributed by atoms with Crippen LogP contribution in [-0.2, 0) is 6.54 Å². The highest BCUT2D eigenvalue weighted by atomic mass is 127. The Morgan fingerprint density at radius 3 is 2.83 bits per heavy atom. The number of hydrogen-bond donors (Lipinski definition) is 2. The molecule has 0 bridgehead atoms. The number of nitrogens with zero attached hydrogens (tertiary/aromatic N) is 2. The number of hydrogen-bond acceptors (Lipinski definition) is 4. The molecule has 1 aliphatic heterocycles. The van der Waals surface area contributed by atoms with E-state index < -0.39 is 0 Å². The van der Waals surface area contributed by atoms with Crippen LogP contribution in [0.2, 0.25) is 0 Å². The fourth-order valence-electron chi connectivity index (χ4n) is 2.53. The first-order valence-electron chi connectivity index (χ1n) is 7.91. The Labute approximate surface area is 169 Å². The van der Waals surface area contributed by atoms with Crippen LogP contribution in [0.15, 0.2) is 40.7 Å². The molecule has 130 valence electrons. The van der Waals surface area contributed by atoms with Gasteiger partial charge in [0, 0.05) is 29.8 Å². The minimum atomic E-state index is 0. The third-order valence-corrected chi connectivity index (χ3v) is 6.02. The van der Waals surface area contributed by atoms with Crippen molar-refractivity contribution >= 4 is 53.0 Å². The normalized spacial score (nSPS) is 17.4. The van der Waals surface area contributed by atoms with Crippen molar-refractivity contribution in [1.29, 1.82) is 0 Å². The number of rotatable bonds is 5. The van der Waals surface area contributed by atoms with Crippen LogP contribution < -0.4 is 10.6 Å². The van der Waals surface area contributed by atoms with E-state index in [0.29, 0.717) is 6.54 Å². The molecule has 0 radical (unpaired) electrons. The van der Waals surface area contributed by atoms with E-state index in [1.807, 2.05) is 25.2 Å². The van der Waals surface area contributed by atoms with Gasteiger partial charge >= 0.3 is 0 Å².